The van der Waals surface area contributed by atoms with E-state index in [0.717, 1.165) is 17.8 Å². The molecule has 0 radical (unpaired) electrons. The standard InChI is InChI=1S/C16H27N3O4S/c1-4-15(20)19(8-6-10-23-3)11-14-18-13(12-24-14)16(21)17-7-5-9-22-2/h12H,4-11H2,1-3H3,(H,17,21). The first-order valence-corrected chi connectivity index (χ1v) is 8.98. The molecule has 8 heteroatoms. The van der Waals surface area contributed by atoms with Crippen LogP contribution in [-0.4, -0.2) is 62.2 Å². The Morgan fingerprint density at radius 3 is 2.62 bits per heavy atom. The molecule has 0 unspecified atom stereocenters. The van der Waals surface area contributed by atoms with Crippen molar-refractivity contribution in [2.75, 3.05) is 40.5 Å². The highest BCUT2D eigenvalue weighted by Gasteiger charge is 2.16. The maximum atomic E-state index is 12.0. The van der Waals surface area contributed by atoms with Crippen molar-refractivity contribution in [2.24, 2.45) is 0 Å². The van der Waals surface area contributed by atoms with E-state index in [-0.39, 0.29) is 11.8 Å². The predicted octanol–water partition coefficient (Wildman–Crippen LogP) is 1.68. The van der Waals surface area contributed by atoms with Gasteiger partial charge in [-0.15, -0.1) is 11.3 Å². The van der Waals surface area contributed by atoms with Crippen LogP contribution in [0.5, 0.6) is 0 Å². The van der Waals surface area contributed by atoms with Crippen LogP contribution in [0.2, 0.25) is 0 Å². The molecule has 1 N–H and O–H groups in total. The zero-order valence-electron chi connectivity index (χ0n) is 14.7. The van der Waals surface area contributed by atoms with Gasteiger partial charge < -0.3 is 19.7 Å². The van der Waals surface area contributed by atoms with Crippen molar-refractivity contribution in [3.63, 3.8) is 0 Å². The summed E-state index contributed by atoms with van der Waals surface area (Å²) in [7, 11) is 3.27. The molecule has 0 aliphatic carbocycles. The molecule has 24 heavy (non-hydrogen) atoms. The van der Waals surface area contributed by atoms with Crippen molar-refractivity contribution in [1.82, 2.24) is 15.2 Å². The normalized spacial score (nSPS) is 10.6. The molecule has 0 aliphatic rings. The van der Waals surface area contributed by atoms with E-state index in [1.54, 1.807) is 24.5 Å². The fraction of sp³-hybridized carbons (Fsp3) is 0.688. The summed E-state index contributed by atoms with van der Waals surface area (Å²) in [5.41, 5.74) is 0.396. The molecule has 0 atom stereocenters. The molecule has 1 aromatic heterocycles. The number of methoxy groups -OCH3 is 2. The smallest absolute Gasteiger partial charge is 0.270 e. The summed E-state index contributed by atoms with van der Waals surface area (Å²) >= 11 is 1.40. The maximum absolute atomic E-state index is 12.0. The molecular formula is C16H27N3O4S. The number of hydrogen-bond acceptors (Lipinski definition) is 6. The van der Waals surface area contributed by atoms with E-state index in [2.05, 4.69) is 10.3 Å². The Morgan fingerprint density at radius 2 is 1.96 bits per heavy atom. The lowest BCUT2D eigenvalue weighted by Crippen LogP contribution is -2.31. The Balaban J connectivity index is 2.55. The van der Waals surface area contributed by atoms with Gasteiger partial charge in [0.2, 0.25) is 5.91 Å². The van der Waals surface area contributed by atoms with Crippen LogP contribution in [0.15, 0.2) is 5.38 Å². The molecule has 0 aliphatic heterocycles. The number of hydrogen-bond donors (Lipinski definition) is 1. The van der Waals surface area contributed by atoms with Crippen molar-refractivity contribution in [3.8, 4) is 0 Å². The highest BCUT2D eigenvalue weighted by molar-refractivity contribution is 7.09. The minimum atomic E-state index is -0.193. The molecule has 1 heterocycles. The van der Waals surface area contributed by atoms with Crippen LogP contribution < -0.4 is 5.32 Å². The summed E-state index contributed by atoms with van der Waals surface area (Å²) in [6.45, 7) is 4.67. The number of rotatable bonds is 12. The molecule has 136 valence electrons. The van der Waals surface area contributed by atoms with Gasteiger partial charge in [-0.1, -0.05) is 6.92 Å². The number of carbonyl (C=O) groups is 2. The number of aromatic nitrogens is 1. The summed E-state index contributed by atoms with van der Waals surface area (Å²) in [6, 6.07) is 0. The fourth-order valence-corrected chi connectivity index (χ4v) is 2.86. The molecule has 2 amide bonds. The largest absolute Gasteiger partial charge is 0.385 e. The van der Waals surface area contributed by atoms with E-state index in [0.29, 0.717) is 45.0 Å². The van der Waals surface area contributed by atoms with E-state index in [1.165, 1.54) is 11.3 Å². The minimum Gasteiger partial charge on any atom is -0.385 e. The second kappa shape index (κ2) is 11.9. The summed E-state index contributed by atoms with van der Waals surface area (Å²) in [5, 5.41) is 5.29. The Hall–Kier alpha value is -1.51. The minimum absolute atomic E-state index is 0.0758. The summed E-state index contributed by atoms with van der Waals surface area (Å²) < 4.78 is 9.97. The molecule has 1 aromatic rings. The van der Waals surface area contributed by atoms with Crippen LogP contribution in [0, 0.1) is 0 Å². The van der Waals surface area contributed by atoms with E-state index in [9.17, 15) is 9.59 Å². The maximum Gasteiger partial charge on any atom is 0.270 e. The number of nitrogens with one attached hydrogen (secondary N) is 1. The molecule has 1 rings (SSSR count). The summed E-state index contributed by atoms with van der Waals surface area (Å²) in [5.74, 6) is -0.117. The van der Waals surface area contributed by atoms with Crippen molar-refractivity contribution in [3.05, 3.63) is 16.1 Å². The SMILES string of the molecule is CCC(=O)N(CCCOC)Cc1nc(C(=O)NCCCOC)cs1. The first-order chi connectivity index (χ1) is 11.6. The van der Waals surface area contributed by atoms with Gasteiger partial charge in [0.05, 0.1) is 6.54 Å². The van der Waals surface area contributed by atoms with Crippen molar-refractivity contribution in [1.29, 1.82) is 0 Å². The van der Waals surface area contributed by atoms with E-state index in [1.807, 2.05) is 6.92 Å². The monoisotopic (exact) mass is 357 g/mol. The van der Waals surface area contributed by atoms with Gasteiger partial charge in [0.1, 0.15) is 10.7 Å². The summed E-state index contributed by atoms with van der Waals surface area (Å²) in [6.07, 6.45) is 1.99. The fourth-order valence-electron chi connectivity index (χ4n) is 2.08. The first-order valence-electron chi connectivity index (χ1n) is 8.10. The molecule has 0 fully saturated rings. The average Bonchev–Trinajstić information content (AvgIpc) is 3.06. The third-order valence-corrected chi connectivity index (χ3v) is 4.19. The third kappa shape index (κ3) is 7.37. The number of thiazole rings is 1. The number of carbonyl (C=O) groups excluding carboxylic acids is 2. The quantitative estimate of drug-likeness (QED) is 0.576. The van der Waals surface area contributed by atoms with E-state index >= 15 is 0 Å². The van der Waals surface area contributed by atoms with Crippen LogP contribution in [0.4, 0.5) is 0 Å². The Kier molecular flexibility index (Phi) is 10.2. The van der Waals surface area contributed by atoms with Gasteiger partial charge in [-0.2, -0.15) is 0 Å². The third-order valence-electron chi connectivity index (χ3n) is 3.35. The highest BCUT2D eigenvalue weighted by Crippen LogP contribution is 2.13. The average molecular weight is 357 g/mol. The van der Waals surface area contributed by atoms with Crippen molar-refractivity contribution in [2.45, 2.75) is 32.7 Å². The van der Waals surface area contributed by atoms with Crippen molar-refractivity contribution >= 4 is 23.2 Å². The topological polar surface area (TPSA) is 80.8 Å². The molecule has 0 spiro atoms. The molecule has 0 aromatic carbocycles. The number of amides is 2. The second-order valence-electron chi connectivity index (χ2n) is 5.24. The van der Waals surface area contributed by atoms with Gasteiger partial charge in [0, 0.05) is 52.3 Å². The number of ether oxygens (including phenoxy) is 2. The lowest BCUT2D eigenvalue weighted by molar-refractivity contribution is -0.131. The van der Waals surface area contributed by atoms with E-state index < -0.39 is 0 Å². The highest BCUT2D eigenvalue weighted by atomic mass is 32.1. The Labute approximate surface area is 147 Å². The lowest BCUT2D eigenvalue weighted by atomic mass is 10.3. The Bertz CT molecular complexity index is 507. The van der Waals surface area contributed by atoms with E-state index in [4.69, 9.17) is 9.47 Å². The van der Waals surface area contributed by atoms with Gasteiger partial charge in [-0.3, -0.25) is 9.59 Å². The van der Waals surface area contributed by atoms with Gasteiger partial charge in [-0.25, -0.2) is 4.98 Å². The zero-order valence-corrected chi connectivity index (χ0v) is 15.5. The lowest BCUT2D eigenvalue weighted by Gasteiger charge is -2.20. The van der Waals surface area contributed by atoms with Crippen LogP contribution in [0.3, 0.4) is 0 Å². The molecule has 0 saturated carbocycles. The molecule has 0 saturated heterocycles. The first kappa shape index (κ1) is 20.5. The van der Waals surface area contributed by atoms with Gasteiger partial charge in [-0.05, 0) is 12.8 Å². The molecule has 7 nitrogen and oxygen atoms in total. The molecule has 0 bridgehead atoms. The molecular weight excluding hydrogens is 330 g/mol. The second-order valence-corrected chi connectivity index (χ2v) is 6.19. The van der Waals surface area contributed by atoms with Crippen LogP contribution >= 0.6 is 11.3 Å². The predicted molar refractivity (Wildman–Crippen MR) is 93.1 cm³/mol. The van der Waals surface area contributed by atoms with Gasteiger partial charge in [0.15, 0.2) is 0 Å². The Morgan fingerprint density at radius 1 is 1.25 bits per heavy atom. The van der Waals surface area contributed by atoms with Crippen molar-refractivity contribution < 1.29 is 19.1 Å². The van der Waals surface area contributed by atoms with Crippen LogP contribution in [0.1, 0.15) is 41.7 Å². The van der Waals surface area contributed by atoms with Gasteiger partial charge >= 0.3 is 0 Å². The number of nitrogens with zero attached hydrogens (tertiary/aromatic N) is 2. The van der Waals surface area contributed by atoms with Gasteiger partial charge in [0.25, 0.3) is 5.91 Å². The van der Waals surface area contributed by atoms with Crippen LogP contribution in [-0.2, 0) is 20.8 Å². The summed E-state index contributed by atoms with van der Waals surface area (Å²) in [4.78, 5) is 30.1. The zero-order chi connectivity index (χ0) is 17.8. The van der Waals surface area contributed by atoms with Crippen LogP contribution in [0.25, 0.3) is 0 Å².